The summed E-state index contributed by atoms with van der Waals surface area (Å²) in [6, 6.07) is 5.62. The van der Waals surface area contributed by atoms with Gasteiger partial charge >= 0.3 is 0 Å². The highest BCUT2D eigenvalue weighted by molar-refractivity contribution is 8.27. The Balaban J connectivity index is 2.30. The maximum absolute atomic E-state index is 12.2. The molecular weight excluding hydrogens is 332 g/mol. The van der Waals surface area contributed by atoms with Crippen molar-refractivity contribution in [2.45, 2.75) is 11.8 Å². The summed E-state index contributed by atoms with van der Waals surface area (Å²) in [5.74, 6) is -0.304. The Labute approximate surface area is 132 Å². The third-order valence-corrected chi connectivity index (χ3v) is 4.78. The van der Waals surface area contributed by atoms with Crippen LogP contribution in [0.4, 0.5) is 5.69 Å². The zero-order valence-electron chi connectivity index (χ0n) is 11.0. The molecule has 2 N–H and O–H groups in total. The second-order valence-corrected chi connectivity index (χ2v) is 7.22. The first-order chi connectivity index (χ1) is 9.84. The van der Waals surface area contributed by atoms with Gasteiger partial charge in [0.25, 0.3) is 5.91 Å². The van der Waals surface area contributed by atoms with E-state index in [1.54, 1.807) is 0 Å². The van der Waals surface area contributed by atoms with Crippen LogP contribution in [0.25, 0.3) is 0 Å². The van der Waals surface area contributed by atoms with E-state index in [1.807, 2.05) is 6.92 Å². The molecule has 0 bridgehead atoms. The van der Waals surface area contributed by atoms with Crippen LogP contribution in [0.2, 0.25) is 0 Å². The lowest BCUT2D eigenvalue weighted by Gasteiger charge is -2.14. The van der Waals surface area contributed by atoms with Crippen molar-refractivity contribution in [3.63, 3.8) is 0 Å². The van der Waals surface area contributed by atoms with E-state index in [0.29, 0.717) is 21.5 Å². The highest BCUT2D eigenvalue weighted by atomic mass is 32.2. The van der Waals surface area contributed by atoms with Crippen LogP contribution in [-0.2, 0) is 19.6 Å². The maximum atomic E-state index is 12.2. The number of nitrogens with zero attached hydrogens (tertiary/aromatic N) is 1. The number of rotatable bonds is 4. The molecule has 1 amide bonds. The third kappa shape index (κ3) is 3.43. The van der Waals surface area contributed by atoms with Crippen molar-refractivity contribution in [1.82, 2.24) is 0 Å². The Morgan fingerprint density at radius 2 is 2.00 bits per heavy atom. The van der Waals surface area contributed by atoms with E-state index in [-0.39, 0.29) is 10.8 Å². The molecule has 1 fully saturated rings. The summed E-state index contributed by atoms with van der Waals surface area (Å²) in [6.07, 6.45) is 1.37. The summed E-state index contributed by atoms with van der Waals surface area (Å²) in [6.45, 7) is 2.26. The molecular formula is C12H12N2O4S3. The Morgan fingerprint density at radius 1 is 1.38 bits per heavy atom. The average molecular weight is 344 g/mol. The lowest BCUT2D eigenvalue weighted by molar-refractivity contribution is -0.113. The fraction of sp³-hybridized carbons (Fsp3) is 0.167. The van der Waals surface area contributed by atoms with E-state index < -0.39 is 10.0 Å². The minimum atomic E-state index is -3.77. The van der Waals surface area contributed by atoms with Crippen LogP contribution in [-0.4, -0.2) is 25.3 Å². The van der Waals surface area contributed by atoms with Gasteiger partial charge in [0, 0.05) is 0 Å². The number of sulfonamides is 1. The van der Waals surface area contributed by atoms with Crippen molar-refractivity contribution in [1.29, 1.82) is 0 Å². The topological polar surface area (TPSA) is 89.7 Å². The number of amides is 1. The number of nitrogens with two attached hydrogens (primary N) is 1. The smallest absolute Gasteiger partial charge is 0.273 e. The quantitative estimate of drug-likeness (QED) is 0.507. The van der Waals surface area contributed by atoms with E-state index >= 15 is 0 Å². The van der Waals surface area contributed by atoms with Crippen LogP contribution in [0.5, 0.6) is 0 Å². The van der Waals surface area contributed by atoms with Gasteiger partial charge in [0.2, 0.25) is 10.0 Å². The van der Waals surface area contributed by atoms with Gasteiger partial charge in [-0.15, -0.1) is 0 Å². The maximum Gasteiger partial charge on any atom is 0.273 e. The fourth-order valence-corrected chi connectivity index (χ4v) is 3.35. The summed E-state index contributed by atoms with van der Waals surface area (Å²) in [4.78, 5) is 13.9. The summed E-state index contributed by atoms with van der Waals surface area (Å²) < 4.78 is 27.9. The van der Waals surface area contributed by atoms with Crippen LogP contribution < -0.4 is 10.0 Å². The van der Waals surface area contributed by atoms with Crippen LogP contribution in [0.3, 0.4) is 0 Å². The van der Waals surface area contributed by atoms with E-state index in [9.17, 15) is 13.2 Å². The molecule has 112 valence electrons. The Hall–Kier alpha value is -1.42. The first kappa shape index (κ1) is 16.0. The molecule has 0 aromatic heterocycles. The molecule has 1 aromatic rings. The Kier molecular flexibility index (Phi) is 4.67. The van der Waals surface area contributed by atoms with Gasteiger partial charge in [-0.1, -0.05) is 24.0 Å². The van der Waals surface area contributed by atoms with E-state index in [0.717, 1.165) is 11.8 Å². The predicted molar refractivity (Wildman–Crippen MR) is 85.2 cm³/mol. The van der Waals surface area contributed by atoms with Crippen molar-refractivity contribution < 1.29 is 17.9 Å². The largest absolute Gasteiger partial charge is 0.500 e. The molecule has 9 heteroatoms. The van der Waals surface area contributed by atoms with Gasteiger partial charge < -0.3 is 4.74 Å². The van der Waals surface area contributed by atoms with Gasteiger partial charge in [-0.3, -0.25) is 9.69 Å². The molecule has 0 aliphatic carbocycles. The van der Waals surface area contributed by atoms with E-state index in [4.69, 9.17) is 22.1 Å². The highest BCUT2D eigenvalue weighted by Gasteiger charge is 2.33. The molecule has 1 heterocycles. The number of hydrogen-bond donors (Lipinski definition) is 1. The number of ether oxygens (including phenoxy) is 1. The molecule has 2 rings (SSSR count). The number of thioether (sulfide) groups is 1. The van der Waals surface area contributed by atoms with Crippen molar-refractivity contribution in [3.05, 3.63) is 35.4 Å². The Morgan fingerprint density at radius 3 is 2.52 bits per heavy atom. The predicted octanol–water partition coefficient (Wildman–Crippen LogP) is 1.58. The minimum absolute atomic E-state index is 0.0263. The van der Waals surface area contributed by atoms with Gasteiger partial charge in [0.15, 0.2) is 4.32 Å². The molecule has 6 nitrogen and oxygen atoms in total. The number of carbonyl (C=O) groups excluding carboxylic acids is 1. The molecule has 0 saturated carbocycles. The fourth-order valence-electron chi connectivity index (χ4n) is 1.62. The lowest BCUT2D eigenvalue weighted by atomic mass is 10.3. The number of carbonyl (C=O) groups is 1. The second kappa shape index (κ2) is 6.14. The number of thiocarbonyl (C=S) groups is 1. The van der Waals surface area contributed by atoms with Crippen LogP contribution in [0.15, 0.2) is 40.3 Å². The molecule has 21 heavy (non-hydrogen) atoms. The highest BCUT2D eigenvalue weighted by Crippen LogP contribution is 2.35. The zero-order valence-corrected chi connectivity index (χ0v) is 13.4. The molecule has 0 unspecified atom stereocenters. The molecule has 0 radical (unpaired) electrons. The minimum Gasteiger partial charge on any atom is -0.500 e. The van der Waals surface area contributed by atoms with Crippen molar-refractivity contribution in [3.8, 4) is 0 Å². The monoisotopic (exact) mass is 344 g/mol. The number of benzene rings is 1. The summed E-state index contributed by atoms with van der Waals surface area (Å²) >= 11 is 6.29. The Bertz CT molecular complexity index is 711. The molecule has 1 aliphatic rings. The standard InChI is InChI=1S/C12H12N2O4S3/c1-2-18-7-10-11(15)14(12(19)20-10)8-3-5-9(6-4-8)21(13,16)17/h3-7H,2H2,1H3,(H2,13,16,17)/b10-7-. The third-order valence-electron chi connectivity index (χ3n) is 2.57. The van der Waals surface area contributed by atoms with Crippen molar-refractivity contribution in [2.24, 2.45) is 5.14 Å². The molecule has 1 saturated heterocycles. The summed E-state index contributed by atoms with van der Waals surface area (Å²) in [7, 11) is -3.77. The number of primary sulfonamides is 1. The van der Waals surface area contributed by atoms with Crippen LogP contribution in [0.1, 0.15) is 6.92 Å². The second-order valence-electron chi connectivity index (χ2n) is 3.98. The average Bonchev–Trinajstić information content (AvgIpc) is 2.70. The van der Waals surface area contributed by atoms with Crippen molar-refractivity contribution >= 4 is 49.9 Å². The molecule has 0 atom stereocenters. The van der Waals surface area contributed by atoms with Gasteiger partial charge in [0.05, 0.1) is 17.2 Å². The van der Waals surface area contributed by atoms with Crippen LogP contribution in [0, 0.1) is 0 Å². The molecule has 0 spiro atoms. The summed E-state index contributed by atoms with van der Waals surface area (Å²) in [5.41, 5.74) is 0.477. The van der Waals surface area contributed by atoms with Gasteiger partial charge in [0.1, 0.15) is 11.2 Å². The zero-order chi connectivity index (χ0) is 15.6. The first-order valence-corrected chi connectivity index (χ1v) is 8.62. The van der Waals surface area contributed by atoms with Gasteiger partial charge in [-0.25, -0.2) is 13.6 Å². The van der Waals surface area contributed by atoms with Gasteiger partial charge in [-0.2, -0.15) is 0 Å². The summed E-state index contributed by atoms with van der Waals surface area (Å²) in [5, 5.41) is 5.03. The van der Waals surface area contributed by atoms with Gasteiger partial charge in [-0.05, 0) is 31.2 Å². The number of hydrogen-bond acceptors (Lipinski definition) is 6. The normalized spacial score (nSPS) is 17.6. The van der Waals surface area contributed by atoms with E-state index in [1.165, 1.54) is 35.4 Å². The first-order valence-electron chi connectivity index (χ1n) is 5.85. The molecule has 1 aliphatic heterocycles. The van der Waals surface area contributed by atoms with Crippen molar-refractivity contribution in [2.75, 3.05) is 11.5 Å². The molecule has 1 aromatic carbocycles. The van der Waals surface area contributed by atoms with Crippen LogP contribution >= 0.6 is 24.0 Å². The SMILES string of the molecule is CCO/C=C1\SC(=S)N(c2ccc(S(N)(=O)=O)cc2)C1=O. The van der Waals surface area contributed by atoms with E-state index in [2.05, 4.69) is 0 Å². The lowest BCUT2D eigenvalue weighted by Crippen LogP contribution is -2.27. The number of anilines is 1.